The predicted octanol–water partition coefficient (Wildman–Crippen LogP) is 8.38. The van der Waals surface area contributed by atoms with Crippen LogP contribution in [0, 0.1) is 0 Å². The normalized spacial score (nSPS) is 16.6. The summed E-state index contributed by atoms with van der Waals surface area (Å²) in [6.45, 7) is 10.3. The topological polar surface area (TPSA) is 55.8 Å². The summed E-state index contributed by atoms with van der Waals surface area (Å²) in [6.07, 6.45) is 20.7. The molecule has 0 bridgehead atoms. The number of methoxy groups -OCH3 is 1. The number of aliphatic hydroxyl groups excluding tert-OH is 1. The van der Waals surface area contributed by atoms with Crippen LogP contribution in [0.25, 0.3) is 0 Å². The second-order valence-electron chi connectivity index (χ2n) is 10.1. The van der Waals surface area contributed by atoms with Crippen molar-refractivity contribution in [1.29, 1.82) is 0 Å². The van der Waals surface area contributed by atoms with E-state index >= 15 is 0 Å². The Labute approximate surface area is 216 Å². The molecule has 1 aliphatic heterocycles. The van der Waals surface area contributed by atoms with Gasteiger partial charge in [-0.3, -0.25) is 0 Å². The molecule has 1 heterocycles. The zero-order chi connectivity index (χ0) is 25.5. The van der Waals surface area contributed by atoms with Crippen molar-refractivity contribution in [2.45, 2.75) is 143 Å². The molecule has 0 saturated carbocycles. The molecule has 202 valence electrons. The van der Waals surface area contributed by atoms with Crippen molar-refractivity contribution in [2.24, 2.45) is 0 Å². The van der Waals surface area contributed by atoms with Gasteiger partial charge < -0.3 is 5.11 Å². The molecule has 1 N–H and O–H groups in total. The fourth-order valence-electron chi connectivity index (χ4n) is 5.01. The molecule has 0 aliphatic carbocycles. The number of aliphatic hydroxyl groups is 1. The van der Waals surface area contributed by atoms with Crippen LogP contribution in [-0.2, 0) is 14.3 Å². The average molecular weight is 589 g/mol. The van der Waals surface area contributed by atoms with Gasteiger partial charge in [-0.25, -0.2) is 0 Å². The SMILES string of the molecule is CCCCCCCCO.CCC[CH2][Sn]([CH2]CCC)([CH2]CCC)/[C](=C/C(=O)OC)C1CCCCO1. The number of carbonyl (C=O) groups excluding carboxylic acids is 1. The van der Waals surface area contributed by atoms with Gasteiger partial charge in [0.1, 0.15) is 0 Å². The van der Waals surface area contributed by atoms with Crippen LogP contribution < -0.4 is 0 Å². The molecule has 0 aromatic rings. The van der Waals surface area contributed by atoms with Crippen molar-refractivity contribution in [3.63, 3.8) is 0 Å². The van der Waals surface area contributed by atoms with E-state index in [1.54, 1.807) is 0 Å². The van der Waals surface area contributed by atoms with Gasteiger partial charge in [0.05, 0.1) is 0 Å². The van der Waals surface area contributed by atoms with Gasteiger partial charge in [-0.05, 0) is 6.42 Å². The number of esters is 1. The molecule has 1 rings (SSSR count). The fourth-order valence-corrected chi connectivity index (χ4v) is 22.2. The minimum absolute atomic E-state index is 0.172. The van der Waals surface area contributed by atoms with Crippen LogP contribution in [0.2, 0.25) is 13.3 Å². The molecule has 4 nitrogen and oxygen atoms in total. The van der Waals surface area contributed by atoms with Crippen molar-refractivity contribution in [2.75, 3.05) is 20.3 Å². The summed E-state index contributed by atoms with van der Waals surface area (Å²) in [5, 5.41) is 8.42. The molecule has 0 aromatic carbocycles. The van der Waals surface area contributed by atoms with E-state index < -0.39 is 18.4 Å². The molecule has 0 spiro atoms. The first-order valence-corrected chi connectivity index (χ1v) is 22.1. The third kappa shape index (κ3) is 15.1. The van der Waals surface area contributed by atoms with E-state index in [4.69, 9.17) is 14.6 Å². The molecule has 0 radical (unpaired) electrons. The Kier molecular flexibility index (Phi) is 23.3. The van der Waals surface area contributed by atoms with E-state index in [-0.39, 0.29) is 12.1 Å². The first kappa shape index (κ1) is 33.9. The second-order valence-corrected chi connectivity index (χ2v) is 23.3. The maximum atomic E-state index is 12.2. The summed E-state index contributed by atoms with van der Waals surface area (Å²) in [7, 11) is 1.50. The Bertz CT molecular complexity index is 473. The summed E-state index contributed by atoms with van der Waals surface area (Å²) in [5.41, 5.74) is 0. The molecular formula is C29H58O4Sn. The van der Waals surface area contributed by atoms with Crippen LogP contribution in [0.1, 0.15) is 124 Å². The molecule has 0 aromatic heterocycles. The van der Waals surface area contributed by atoms with Crippen molar-refractivity contribution in [3.05, 3.63) is 9.67 Å². The Morgan fingerprint density at radius 3 is 1.82 bits per heavy atom. The number of hydrogen-bond acceptors (Lipinski definition) is 4. The predicted molar refractivity (Wildman–Crippen MR) is 149 cm³/mol. The van der Waals surface area contributed by atoms with E-state index in [0.717, 1.165) is 25.9 Å². The molecule has 1 unspecified atom stereocenters. The Hall–Kier alpha value is -0.0713. The minimum atomic E-state index is -2.65. The average Bonchev–Trinajstić information content (AvgIpc) is 2.88. The quantitative estimate of drug-likeness (QED) is 0.0756. The summed E-state index contributed by atoms with van der Waals surface area (Å²) in [5.74, 6) is -0.172. The monoisotopic (exact) mass is 590 g/mol. The van der Waals surface area contributed by atoms with Gasteiger partial charge in [0, 0.05) is 6.61 Å². The fraction of sp³-hybridized carbons (Fsp3) is 0.897. The van der Waals surface area contributed by atoms with E-state index in [2.05, 4.69) is 27.7 Å². The molecule has 5 heteroatoms. The van der Waals surface area contributed by atoms with Crippen LogP contribution >= 0.6 is 0 Å². The van der Waals surface area contributed by atoms with Gasteiger partial charge in [0.2, 0.25) is 0 Å². The molecule has 1 aliphatic rings. The van der Waals surface area contributed by atoms with Crippen LogP contribution in [0.3, 0.4) is 0 Å². The third-order valence-electron chi connectivity index (χ3n) is 7.15. The number of rotatable bonds is 18. The van der Waals surface area contributed by atoms with Crippen LogP contribution in [-0.4, -0.2) is 55.9 Å². The van der Waals surface area contributed by atoms with Gasteiger partial charge in [0.15, 0.2) is 0 Å². The summed E-state index contributed by atoms with van der Waals surface area (Å²) < 4.78 is 16.8. The Morgan fingerprint density at radius 1 is 0.853 bits per heavy atom. The molecule has 1 atom stereocenters. The number of unbranched alkanes of at least 4 members (excludes halogenated alkanes) is 8. The number of hydrogen-bond donors (Lipinski definition) is 1. The third-order valence-corrected chi connectivity index (χ3v) is 23.2. The van der Waals surface area contributed by atoms with E-state index in [0.29, 0.717) is 6.61 Å². The van der Waals surface area contributed by atoms with Gasteiger partial charge in [-0.15, -0.1) is 0 Å². The van der Waals surface area contributed by atoms with Gasteiger partial charge in [-0.1, -0.05) is 39.0 Å². The van der Waals surface area contributed by atoms with E-state index in [9.17, 15) is 4.79 Å². The molecule has 1 fully saturated rings. The van der Waals surface area contributed by atoms with E-state index in [1.807, 2.05) is 6.08 Å². The van der Waals surface area contributed by atoms with Crippen LogP contribution in [0.4, 0.5) is 0 Å². The van der Waals surface area contributed by atoms with Crippen molar-refractivity contribution >= 4 is 24.3 Å². The maximum absolute atomic E-state index is 12.2. The number of ether oxygens (including phenoxy) is 2. The Morgan fingerprint density at radius 2 is 1.38 bits per heavy atom. The van der Waals surface area contributed by atoms with Crippen molar-refractivity contribution < 1.29 is 19.4 Å². The van der Waals surface area contributed by atoms with Crippen LogP contribution in [0.15, 0.2) is 9.67 Å². The Balaban J connectivity index is 0.00000102. The second kappa shape index (κ2) is 23.3. The first-order chi connectivity index (χ1) is 16.5. The standard InChI is InChI=1S/C9H13O3.C8H18O.3C4H9.Sn/c1-11-9(10)6-5-8-4-2-3-7-12-8;1-2-3-4-5-6-7-8-9;3*1-3-4-2;/h6,8H,2-4,7H2,1H3;9H,2-8H2,1H3;3*1,3-4H2,2H3;. The molecule has 0 amide bonds. The molecule has 34 heavy (non-hydrogen) atoms. The van der Waals surface area contributed by atoms with E-state index in [1.165, 1.54) is 101 Å². The van der Waals surface area contributed by atoms with Crippen molar-refractivity contribution in [1.82, 2.24) is 0 Å². The summed E-state index contributed by atoms with van der Waals surface area (Å²) in [4.78, 5) is 12.2. The summed E-state index contributed by atoms with van der Waals surface area (Å²) >= 11 is -2.65. The zero-order valence-corrected chi connectivity index (χ0v) is 26.3. The van der Waals surface area contributed by atoms with Crippen molar-refractivity contribution in [3.8, 4) is 0 Å². The first-order valence-electron chi connectivity index (χ1n) is 14.6. The van der Waals surface area contributed by atoms with Gasteiger partial charge >= 0.3 is 160 Å². The summed E-state index contributed by atoms with van der Waals surface area (Å²) in [6, 6.07) is 0. The molecule has 1 saturated heterocycles. The molecular weight excluding hydrogens is 531 g/mol. The van der Waals surface area contributed by atoms with Crippen LogP contribution in [0.5, 0.6) is 0 Å². The zero-order valence-electron chi connectivity index (χ0n) is 23.5. The number of carbonyl (C=O) groups is 1. The van der Waals surface area contributed by atoms with Gasteiger partial charge in [0.25, 0.3) is 0 Å². The van der Waals surface area contributed by atoms with Gasteiger partial charge in [-0.2, -0.15) is 0 Å².